The lowest BCUT2D eigenvalue weighted by molar-refractivity contribution is -0.141. The molecule has 0 bridgehead atoms. The second kappa shape index (κ2) is 5.07. The third-order valence-corrected chi connectivity index (χ3v) is 4.07. The molecule has 0 fully saturated rings. The Hall–Kier alpha value is -1.40. The molecule has 1 heterocycles. The maximum atomic E-state index is 11.1. The van der Waals surface area contributed by atoms with Crippen molar-refractivity contribution < 1.29 is 19.4 Å². The highest BCUT2D eigenvalue weighted by Gasteiger charge is 2.30. The summed E-state index contributed by atoms with van der Waals surface area (Å²) in [5, 5.41) is 9.15. The number of carboxylic acids is 1. The first-order chi connectivity index (χ1) is 8.56. The molecule has 1 aliphatic heterocycles. The predicted molar refractivity (Wildman–Crippen MR) is 68.3 cm³/mol. The summed E-state index contributed by atoms with van der Waals surface area (Å²) in [4.78, 5) is 12.1. The van der Waals surface area contributed by atoms with Crippen LogP contribution in [0, 0.1) is 0 Å². The Morgan fingerprint density at radius 1 is 1.39 bits per heavy atom. The lowest BCUT2D eigenvalue weighted by Gasteiger charge is -2.30. The highest BCUT2D eigenvalue weighted by Crippen LogP contribution is 2.40. The number of carboxylic acid groups (broad SMARTS) is 1. The van der Waals surface area contributed by atoms with Crippen molar-refractivity contribution in [1.82, 2.24) is 4.31 Å². The van der Waals surface area contributed by atoms with Gasteiger partial charge in [0.1, 0.15) is 6.04 Å². The summed E-state index contributed by atoms with van der Waals surface area (Å²) in [6.45, 7) is 0. The van der Waals surface area contributed by atoms with Gasteiger partial charge in [0.2, 0.25) is 0 Å². The number of aliphatic carboxylic acids is 1. The molecule has 0 aliphatic carbocycles. The molecule has 0 aromatic heterocycles. The van der Waals surface area contributed by atoms with Crippen molar-refractivity contribution in [3.8, 4) is 11.5 Å². The van der Waals surface area contributed by atoms with Crippen molar-refractivity contribution in [2.75, 3.05) is 21.3 Å². The zero-order chi connectivity index (χ0) is 13.3. The fourth-order valence-electron chi connectivity index (χ4n) is 1.95. The van der Waals surface area contributed by atoms with Crippen molar-refractivity contribution >= 4 is 17.9 Å². The van der Waals surface area contributed by atoms with Crippen LogP contribution in [0.5, 0.6) is 11.5 Å². The van der Waals surface area contributed by atoms with Gasteiger partial charge in [-0.3, -0.25) is 4.79 Å². The van der Waals surface area contributed by atoms with Gasteiger partial charge >= 0.3 is 5.97 Å². The molecule has 0 spiro atoms. The van der Waals surface area contributed by atoms with Crippen LogP contribution in [0.1, 0.15) is 5.56 Å². The van der Waals surface area contributed by atoms with Gasteiger partial charge in [-0.2, -0.15) is 0 Å². The SMILES string of the molecule is COc1cc2c(cc1OC)SN(C)C(C(=O)O)C2. The molecule has 6 heteroatoms. The van der Waals surface area contributed by atoms with Crippen LogP contribution in [0.4, 0.5) is 0 Å². The predicted octanol–water partition coefficient (Wildman–Crippen LogP) is 1.65. The molecule has 2 rings (SSSR count). The van der Waals surface area contributed by atoms with Crippen LogP contribution in [0.2, 0.25) is 0 Å². The lowest BCUT2D eigenvalue weighted by atomic mass is 10.0. The number of ether oxygens (including phenoxy) is 2. The molecule has 1 aromatic rings. The summed E-state index contributed by atoms with van der Waals surface area (Å²) < 4.78 is 12.2. The molecule has 1 N–H and O–H groups in total. The molecule has 1 aliphatic rings. The van der Waals surface area contributed by atoms with Gasteiger partial charge in [-0.05, 0) is 36.7 Å². The Kier molecular flexibility index (Phi) is 3.68. The second-order valence-electron chi connectivity index (χ2n) is 4.01. The Bertz CT molecular complexity index is 477. The third-order valence-electron chi connectivity index (χ3n) is 2.95. The maximum absolute atomic E-state index is 11.1. The van der Waals surface area contributed by atoms with Gasteiger partial charge in [0.25, 0.3) is 0 Å². The molecule has 0 saturated carbocycles. The van der Waals surface area contributed by atoms with Crippen LogP contribution < -0.4 is 9.47 Å². The largest absolute Gasteiger partial charge is 0.493 e. The van der Waals surface area contributed by atoms with E-state index >= 15 is 0 Å². The summed E-state index contributed by atoms with van der Waals surface area (Å²) in [7, 11) is 4.94. The molecule has 1 atom stereocenters. The fourth-order valence-corrected chi connectivity index (χ4v) is 2.97. The number of benzene rings is 1. The van der Waals surface area contributed by atoms with Crippen molar-refractivity contribution in [2.45, 2.75) is 17.4 Å². The summed E-state index contributed by atoms with van der Waals surface area (Å²) in [5.74, 6) is 0.474. The normalized spacial score (nSPS) is 19.2. The van der Waals surface area contributed by atoms with Crippen molar-refractivity contribution in [3.05, 3.63) is 17.7 Å². The van der Waals surface area contributed by atoms with Gasteiger partial charge in [0.05, 0.1) is 14.2 Å². The molecule has 98 valence electrons. The standard InChI is InChI=1S/C12H15NO4S/c1-13-8(12(14)15)4-7-5-9(16-2)10(17-3)6-11(7)18-13/h5-6,8H,4H2,1-3H3,(H,14,15). The highest BCUT2D eigenvalue weighted by molar-refractivity contribution is 7.97. The van der Waals surface area contributed by atoms with E-state index in [1.807, 2.05) is 12.1 Å². The number of hydrogen-bond donors (Lipinski definition) is 1. The summed E-state index contributed by atoms with van der Waals surface area (Å²) in [5.41, 5.74) is 0.975. The summed E-state index contributed by atoms with van der Waals surface area (Å²) in [6.07, 6.45) is 0.467. The van der Waals surface area contributed by atoms with Crippen LogP contribution in [0.15, 0.2) is 17.0 Å². The van der Waals surface area contributed by atoms with E-state index in [1.165, 1.54) is 11.9 Å². The van der Waals surface area contributed by atoms with Crippen LogP contribution in [-0.2, 0) is 11.2 Å². The van der Waals surface area contributed by atoms with E-state index in [4.69, 9.17) is 14.6 Å². The minimum absolute atomic E-state index is 0.467. The molecule has 5 nitrogen and oxygen atoms in total. The Balaban J connectivity index is 2.40. The summed E-state index contributed by atoms with van der Waals surface area (Å²) in [6, 6.07) is 3.22. The molecule has 0 amide bonds. The average molecular weight is 269 g/mol. The van der Waals surface area contributed by atoms with Crippen molar-refractivity contribution in [2.24, 2.45) is 0 Å². The topological polar surface area (TPSA) is 59.0 Å². The monoisotopic (exact) mass is 269 g/mol. The number of fused-ring (bicyclic) bond motifs is 1. The van der Waals surface area contributed by atoms with E-state index in [0.29, 0.717) is 17.9 Å². The minimum atomic E-state index is -0.814. The summed E-state index contributed by atoms with van der Waals surface area (Å²) >= 11 is 1.41. The average Bonchev–Trinajstić information content (AvgIpc) is 2.36. The van der Waals surface area contributed by atoms with Gasteiger partial charge in [0.15, 0.2) is 11.5 Å². The third kappa shape index (κ3) is 2.26. The Morgan fingerprint density at radius 2 is 2.00 bits per heavy atom. The molecule has 18 heavy (non-hydrogen) atoms. The second-order valence-corrected chi connectivity index (χ2v) is 5.21. The minimum Gasteiger partial charge on any atom is -0.493 e. The number of likely N-dealkylation sites (N-methyl/N-ethyl adjacent to an activating group) is 1. The number of methoxy groups -OCH3 is 2. The number of rotatable bonds is 3. The molecule has 0 radical (unpaired) electrons. The Labute approximate surface area is 110 Å². The zero-order valence-corrected chi connectivity index (χ0v) is 11.3. The first-order valence-corrected chi connectivity index (χ1v) is 6.22. The highest BCUT2D eigenvalue weighted by atomic mass is 32.2. The number of nitrogens with zero attached hydrogens (tertiary/aromatic N) is 1. The molecular formula is C12H15NO4S. The zero-order valence-electron chi connectivity index (χ0n) is 10.5. The van der Waals surface area contributed by atoms with Gasteiger partial charge < -0.3 is 14.6 Å². The van der Waals surface area contributed by atoms with Crippen LogP contribution in [0.25, 0.3) is 0 Å². The Morgan fingerprint density at radius 3 is 2.56 bits per heavy atom. The smallest absolute Gasteiger partial charge is 0.322 e. The lowest BCUT2D eigenvalue weighted by Crippen LogP contribution is -2.38. The van der Waals surface area contributed by atoms with Gasteiger partial charge in [-0.25, -0.2) is 4.31 Å². The van der Waals surface area contributed by atoms with E-state index < -0.39 is 12.0 Å². The van der Waals surface area contributed by atoms with Crippen molar-refractivity contribution in [1.29, 1.82) is 0 Å². The quantitative estimate of drug-likeness (QED) is 0.842. The van der Waals surface area contributed by atoms with E-state index in [9.17, 15) is 4.79 Å². The van der Waals surface area contributed by atoms with Crippen LogP contribution >= 0.6 is 11.9 Å². The molecular weight excluding hydrogens is 254 g/mol. The van der Waals surface area contributed by atoms with Crippen LogP contribution in [0.3, 0.4) is 0 Å². The van der Waals surface area contributed by atoms with Gasteiger partial charge in [0, 0.05) is 11.3 Å². The first kappa shape index (κ1) is 13.0. The number of hydrogen-bond acceptors (Lipinski definition) is 5. The van der Waals surface area contributed by atoms with E-state index in [1.54, 1.807) is 25.6 Å². The molecule has 0 saturated heterocycles. The fraction of sp³-hybridized carbons (Fsp3) is 0.417. The van der Waals surface area contributed by atoms with Gasteiger partial charge in [-0.15, -0.1) is 0 Å². The van der Waals surface area contributed by atoms with E-state index in [0.717, 1.165) is 10.5 Å². The number of carbonyl (C=O) groups is 1. The van der Waals surface area contributed by atoms with E-state index in [2.05, 4.69) is 0 Å². The first-order valence-electron chi connectivity index (χ1n) is 5.45. The van der Waals surface area contributed by atoms with E-state index in [-0.39, 0.29) is 0 Å². The maximum Gasteiger partial charge on any atom is 0.322 e. The molecule has 1 unspecified atom stereocenters. The molecule has 1 aromatic carbocycles. The van der Waals surface area contributed by atoms with Crippen molar-refractivity contribution in [3.63, 3.8) is 0 Å². The van der Waals surface area contributed by atoms with Gasteiger partial charge in [-0.1, -0.05) is 0 Å². The van der Waals surface area contributed by atoms with Crippen LogP contribution in [-0.4, -0.2) is 42.7 Å².